The van der Waals surface area contributed by atoms with Crippen LogP contribution in [0.1, 0.15) is 35.3 Å². The summed E-state index contributed by atoms with van der Waals surface area (Å²) < 4.78 is 38.5. The van der Waals surface area contributed by atoms with Gasteiger partial charge < -0.3 is 10.6 Å². The Balaban J connectivity index is 1.34. The third kappa shape index (κ3) is 5.79. The second kappa shape index (κ2) is 10.5. The maximum Gasteiger partial charge on any atom is 0.416 e. The summed E-state index contributed by atoms with van der Waals surface area (Å²) in [6.45, 7) is 2.09. The first kappa shape index (κ1) is 24.7. The molecule has 0 bridgehead atoms. The number of thiophene rings is 1. The molecule has 34 heavy (non-hydrogen) atoms. The third-order valence-electron chi connectivity index (χ3n) is 6.76. The highest BCUT2D eigenvalue weighted by atomic mass is 32.1. The number of likely N-dealkylation sites (N-methyl/N-ethyl adjacent to an activating group) is 1. The van der Waals surface area contributed by atoms with Crippen LogP contribution in [0.2, 0.25) is 0 Å². The number of carbonyl (C=O) groups excluding carboxylic acids is 2. The molecule has 3 atom stereocenters. The number of fused-ring (bicyclic) bond motifs is 1. The van der Waals surface area contributed by atoms with Gasteiger partial charge >= 0.3 is 6.18 Å². The maximum absolute atomic E-state index is 12.9. The molecule has 2 fully saturated rings. The van der Waals surface area contributed by atoms with Crippen molar-refractivity contribution >= 4 is 23.2 Å². The Kier molecular flexibility index (Phi) is 7.59. The lowest BCUT2D eigenvalue weighted by molar-refractivity contribution is -0.137. The number of nitrogens with zero attached hydrogens (tertiary/aromatic N) is 2. The minimum atomic E-state index is -4.36. The normalized spacial score (nSPS) is 23.9. The van der Waals surface area contributed by atoms with E-state index in [2.05, 4.69) is 15.5 Å². The van der Waals surface area contributed by atoms with E-state index < -0.39 is 11.7 Å². The lowest BCUT2D eigenvalue weighted by Crippen LogP contribution is -2.49. The fourth-order valence-electron chi connectivity index (χ4n) is 4.84. The molecule has 2 aromatic rings. The van der Waals surface area contributed by atoms with Crippen molar-refractivity contribution in [1.29, 1.82) is 0 Å². The molecular formula is C24H29F3N4O2S. The van der Waals surface area contributed by atoms with Crippen molar-refractivity contribution in [1.82, 2.24) is 20.4 Å². The Hall–Kier alpha value is -2.43. The van der Waals surface area contributed by atoms with Crippen LogP contribution in [0.5, 0.6) is 0 Å². The number of alkyl halides is 3. The number of hydrogen-bond donors (Lipinski definition) is 2. The number of carbonyl (C=O) groups is 2. The van der Waals surface area contributed by atoms with Crippen LogP contribution in [0.3, 0.4) is 0 Å². The molecule has 3 heterocycles. The van der Waals surface area contributed by atoms with Gasteiger partial charge in [-0.05, 0) is 49.0 Å². The third-order valence-corrected chi connectivity index (χ3v) is 7.64. The second-order valence-electron chi connectivity index (χ2n) is 8.93. The average Bonchev–Trinajstić information content (AvgIpc) is 3.44. The predicted molar refractivity (Wildman–Crippen MR) is 124 cm³/mol. The van der Waals surface area contributed by atoms with Gasteiger partial charge in [-0.3, -0.25) is 19.4 Å². The van der Waals surface area contributed by atoms with Crippen LogP contribution in [0.25, 0.3) is 0 Å². The van der Waals surface area contributed by atoms with Gasteiger partial charge in [0.25, 0.3) is 0 Å². The molecule has 2 amide bonds. The van der Waals surface area contributed by atoms with Crippen LogP contribution in [-0.4, -0.2) is 59.9 Å². The van der Waals surface area contributed by atoms with Gasteiger partial charge in [0.05, 0.1) is 12.1 Å². The van der Waals surface area contributed by atoms with Gasteiger partial charge in [0.1, 0.15) is 6.04 Å². The van der Waals surface area contributed by atoms with E-state index in [0.29, 0.717) is 39.0 Å². The van der Waals surface area contributed by atoms with Gasteiger partial charge in [0.2, 0.25) is 11.8 Å². The number of likely N-dealkylation sites (tertiary alicyclic amines) is 1. The largest absolute Gasteiger partial charge is 0.416 e. The number of benzene rings is 1. The minimum absolute atomic E-state index is 0.00358. The summed E-state index contributed by atoms with van der Waals surface area (Å²) in [6, 6.07) is 8.73. The van der Waals surface area contributed by atoms with Crippen LogP contribution in [-0.2, 0) is 28.9 Å². The molecule has 2 aliphatic heterocycles. The molecule has 2 saturated heterocycles. The molecule has 1 aromatic carbocycles. The summed E-state index contributed by atoms with van der Waals surface area (Å²) in [6.07, 6.45) is -2.56. The van der Waals surface area contributed by atoms with Crippen molar-refractivity contribution in [3.8, 4) is 0 Å². The van der Waals surface area contributed by atoms with Crippen molar-refractivity contribution in [3.05, 3.63) is 57.8 Å². The van der Waals surface area contributed by atoms with Crippen molar-refractivity contribution in [2.45, 2.75) is 56.7 Å². The fourth-order valence-corrected chi connectivity index (χ4v) is 5.49. The zero-order valence-electron chi connectivity index (χ0n) is 19.0. The summed E-state index contributed by atoms with van der Waals surface area (Å²) in [5.41, 5.74) is 0.0667. The molecule has 4 rings (SSSR count). The molecule has 2 aliphatic rings. The van der Waals surface area contributed by atoms with E-state index in [1.54, 1.807) is 11.3 Å². The van der Waals surface area contributed by atoms with Crippen molar-refractivity contribution < 1.29 is 22.8 Å². The average molecular weight is 495 g/mol. The molecule has 2 N–H and O–H groups in total. The fraction of sp³-hybridized carbons (Fsp3) is 0.500. The summed E-state index contributed by atoms with van der Waals surface area (Å²) in [4.78, 5) is 30.6. The van der Waals surface area contributed by atoms with E-state index in [-0.39, 0.29) is 29.9 Å². The SMILES string of the molecule is CN1[C@@H](CCC(=O)NCc2cccs2)CNC(=O)[C@@H]2[C@@H]1CCN2Cc1ccc(C(F)(F)F)cc1. The highest BCUT2D eigenvalue weighted by Crippen LogP contribution is 2.31. The highest BCUT2D eigenvalue weighted by Gasteiger charge is 2.45. The Labute approximate surface area is 201 Å². The lowest BCUT2D eigenvalue weighted by Gasteiger charge is -2.33. The molecular weight excluding hydrogens is 465 g/mol. The van der Waals surface area contributed by atoms with Gasteiger partial charge in [0, 0.05) is 43.0 Å². The van der Waals surface area contributed by atoms with Gasteiger partial charge in [-0.2, -0.15) is 13.2 Å². The Morgan fingerprint density at radius 3 is 2.68 bits per heavy atom. The van der Waals surface area contributed by atoms with Gasteiger partial charge in [-0.1, -0.05) is 18.2 Å². The topological polar surface area (TPSA) is 64.7 Å². The molecule has 0 unspecified atom stereocenters. The highest BCUT2D eigenvalue weighted by molar-refractivity contribution is 7.09. The minimum Gasteiger partial charge on any atom is -0.353 e. The number of hydrogen-bond acceptors (Lipinski definition) is 5. The predicted octanol–water partition coefficient (Wildman–Crippen LogP) is 3.24. The van der Waals surface area contributed by atoms with Gasteiger partial charge in [0.15, 0.2) is 0 Å². The van der Waals surface area contributed by atoms with Crippen LogP contribution < -0.4 is 10.6 Å². The number of amides is 2. The lowest BCUT2D eigenvalue weighted by atomic mass is 10.0. The summed E-state index contributed by atoms with van der Waals surface area (Å²) in [7, 11) is 1.99. The Bertz CT molecular complexity index is 981. The molecule has 0 radical (unpaired) electrons. The van der Waals surface area contributed by atoms with E-state index in [1.807, 2.05) is 29.5 Å². The zero-order chi connectivity index (χ0) is 24.3. The zero-order valence-corrected chi connectivity index (χ0v) is 19.8. The van der Waals surface area contributed by atoms with E-state index in [0.717, 1.165) is 29.0 Å². The molecule has 1 aromatic heterocycles. The number of nitrogens with one attached hydrogen (secondary N) is 2. The number of halogens is 3. The first-order valence-electron chi connectivity index (χ1n) is 11.4. The van der Waals surface area contributed by atoms with Crippen molar-refractivity contribution in [2.24, 2.45) is 0 Å². The van der Waals surface area contributed by atoms with Crippen LogP contribution in [0.4, 0.5) is 13.2 Å². The van der Waals surface area contributed by atoms with Gasteiger partial charge in [-0.15, -0.1) is 11.3 Å². The standard InChI is InChI=1S/C24H29F3N4O2S/c1-30-18(8-9-21(32)28-14-19-3-2-12-34-19)13-29-23(33)22-20(30)10-11-31(22)15-16-4-6-17(7-5-16)24(25,26)27/h2-7,12,18,20,22H,8-11,13-15H2,1H3,(H,28,32)(H,29,33)/t18-,20-,22-/m0/s1. The van der Waals surface area contributed by atoms with Crippen LogP contribution in [0.15, 0.2) is 41.8 Å². The molecule has 6 nitrogen and oxygen atoms in total. The molecule has 10 heteroatoms. The van der Waals surface area contributed by atoms with E-state index in [4.69, 9.17) is 0 Å². The first-order valence-corrected chi connectivity index (χ1v) is 12.3. The van der Waals surface area contributed by atoms with E-state index in [1.165, 1.54) is 12.1 Å². The summed E-state index contributed by atoms with van der Waals surface area (Å²) >= 11 is 1.60. The molecule has 0 saturated carbocycles. The van der Waals surface area contributed by atoms with E-state index in [9.17, 15) is 22.8 Å². The maximum atomic E-state index is 12.9. The molecule has 0 spiro atoms. The molecule has 184 valence electrons. The van der Waals surface area contributed by atoms with Gasteiger partial charge in [-0.25, -0.2) is 0 Å². The quantitative estimate of drug-likeness (QED) is 0.621. The first-order chi connectivity index (χ1) is 16.2. The second-order valence-corrected chi connectivity index (χ2v) is 9.96. The smallest absolute Gasteiger partial charge is 0.353 e. The van der Waals surface area contributed by atoms with Crippen molar-refractivity contribution in [3.63, 3.8) is 0 Å². The summed E-state index contributed by atoms with van der Waals surface area (Å²) in [5.74, 6) is -0.0739. The Morgan fingerprint density at radius 2 is 2.00 bits per heavy atom. The van der Waals surface area contributed by atoms with Crippen molar-refractivity contribution in [2.75, 3.05) is 20.1 Å². The summed E-state index contributed by atoms with van der Waals surface area (Å²) in [5, 5.41) is 7.94. The molecule has 0 aliphatic carbocycles. The number of rotatable bonds is 7. The van der Waals surface area contributed by atoms with Crippen LogP contribution >= 0.6 is 11.3 Å². The van der Waals surface area contributed by atoms with Crippen LogP contribution in [0, 0.1) is 0 Å². The monoisotopic (exact) mass is 494 g/mol. The van der Waals surface area contributed by atoms with E-state index >= 15 is 0 Å². The Morgan fingerprint density at radius 1 is 1.24 bits per heavy atom.